The van der Waals surface area contributed by atoms with Gasteiger partial charge in [0, 0.05) is 10.6 Å². The zero-order valence-electron chi connectivity index (χ0n) is 9.61. The number of carbonyl (C=O) groups excluding carboxylic acids is 1. The number of alkyl halides is 3. The lowest BCUT2D eigenvalue weighted by atomic mass is 10.0. The Morgan fingerprint density at radius 2 is 1.95 bits per heavy atom. The largest absolute Gasteiger partial charge is 0.467 e. The molecule has 1 rings (SSSR count). The van der Waals surface area contributed by atoms with Crippen LogP contribution in [0.3, 0.4) is 0 Å². The van der Waals surface area contributed by atoms with E-state index in [1.165, 1.54) is 0 Å². The fourth-order valence-electron chi connectivity index (χ4n) is 1.37. The molecule has 2 atom stereocenters. The molecule has 1 aromatic carbocycles. The summed E-state index contributed by atoms with van der Waals surface area (Å²) < 4.78 is 41.7. The summed E-state index contributed by atoms with van der Waals surface area (Å²) in [6, 6.07) is 2.22. The molecule has 8 heteroatoms. The van der Waals surface area contributed by atoms with Gasteiger partial charge in [0.05, 0.1) is 12.7 Å². The summed E-state index contributed by atoms with van der Waals surface area (Å²) in [4.78, 5) is 11.0. The quantitative estimate of drug-likeness (QED) is 0.837. The zero-order valence-corrected chi connectivity index (χ0v) is 10.4. The van der Waals surface area contributed by atoms with E-state index in [2.05, 4.69) is 4.74 Å². The van der Waals surface area contributed by atoms with Crippen molar-refractivity contribution in [2.45, 2.75) is 18.4 Å². The van der Waals surface area contributed by atoms with Gasteiger partial charge in [0.2, 0.25) is 0 Å². The summed E-state index contributed by atoms with van der Waals surface area (Å²) in [6.07, 6.45) is -8.57. The van der Waals surface area contributed by atoms with Gasteiger partial charge < -0.3 is 14.9 Å². The fourth-order valence-corrected chi connectivity index (χ4v) is 1.60. The maximum absolute atomic E-state index is 12.5. The lowest BCUT2D eigenvalue weighted by molar-refractivity contribution is -0.156. The minimum atomic E-state index is -4.63. The molecule has 0 spiro atoms. The van der Waals surface area contributed by atoms with Gasteiger partial charge in [-0.05, 0) is 18.2 Å². The lowest BCUT2D eigenvalue weighted by Crippen LogP contribution is -2.29. The molecule has 0 amide bonds. The molecular formula is C11H10ClF3O4. The van der Waals surface area contributed by atoms with Crippen LogP contribution in [0.25, 0.3) is 0 Å². The van der Waals surface area contributed by atoms with Gasteiger partial charge in [-0.15, -0.1) is 0 Å². The minimum Gasteiger partial charge on any atom is -0.467 e. The Kier molecular flexibility index (Phi) is 4.78. The highest BCUT2D eigenvalue weighted by molar-refractivity contribution is 6.31. The first kappa shape index (κ1) is 15.7. The van der Waals surface area contributed by atoms with Crippen LogP contribution in [0.15, 0.2) is 18.2 Å². The second-order valence-corrected chi connectivity index (χ2v) is 4.05. The average Bonchev–Trinajstić information content (AvgIpc) is 2.35. The summed E-state index contributed by atoms with van der Waals surface area (Å²) in [5.41, 5.74) is -1.46. The zero-order chi connectivity index (χ0) is 14.8. The van der Waals surface area contributed by atoms with E-state index in [4.69, 9.17) is 11.6 Å². The lowest BCUT2D eigenvalue weighted by Gasteiger charge is -2.18. The number of methoxy groups -OCH3 is 1. The Labute approximate surface area is 111 Å². The Bertz CT molecular complexity index is 475. The molecule has 2 unspecified atom stereocenters. The smallest absolute Gasteiger partial charge is 0.416 e. The van der Waals surface area contributed by atoms with Crippen LogP contribution in [0.4, 0.5) is 13.2 Å². The van der Waals surface area contributed by atoms with Crippen LogP contribution in [-0.4, -0.2) is 29.4 Å². The molecule has 0 bridgehead atoms. The van der Waals surface area contributed by atoms with Crippen LogP contribution in [0.2, 0.25) is 5.02 Å². The minimum absolute atomic E-state index is 0.205. The monoisotopic (exact) mass is 298 g/mol. The molecule has 0 aliphatic rings. The van der Waals surface area contributed by atoms with Gasteiger partial charge in [-0.25, -0.2) is 4.79 Å². The molecule has 0 aliphatic heterocycles. The van der Waals surface area contributed by atoms with Gasteiger partial charge in [-0.3, -0.25) is 0 Å². The van der Waals surface area contributed by atoms with Crippen molar-refractivity contribution in [1.82, 2.24) is 0 Å². The molecule has 0 aliphatic carbocycles. The van der Waals surface area contributed by atoms with E-state index >= 15 is 0 Å². The molecule has 0 saturated carbocycles. The summed E-state index contributed by atoms with van der Waals surface area (Å²) in [5.74, 6) is -1.18. The number of hydrogen-bond donors (Lipinski definition) is 2. The molecule has 0 radical (unpaired) electrons. The molecule has 0 aromatic heterocycles. The van der Waals surface area contributed by atoms with E-state index < -0.39 is 35.5 Å². The van der Waals surface area contributed by atoms with Gasteiger partial charge in [-0.1, -0.05) is 11.6 Å². The molecule has 1 aromatic rings. The maximum Gasteiger partial charge on any atom is 0.416 e. The van der Waals surface area contributed by atoms with Crippen LogP contribution in [0.5, 0.6) is 0 Å². The number of rotatable bonds is 3. The first-order valence-electron chi connectivity index (χ1n) is 4.99. The molecule has 0 fully saturated rings. The number of ether oxygens (including phenoxy) is 1. The SMILES string of the molecule is COC(=O)C(O)C(O)c1cc(C(F)(F)F)ccc1Cl. The summed E-state index contributed by atoms with van der Waals surface area (Å²) in [6.45, 7) is 0. The van der Waals surface area contributed by atoms with Crippen molar-refractivity contribution < 1.29 is 32.9 Å². The van der Waals surface area contributed by atoms with Crippen molar-refractivity contribution in [3.8, 4) is 0 Å². The first-order valence-corrected chi connectivity index (χ1v) is 5.37. The normalized spacial score (nSPS) is 14.9. The number of benzene rings is 1. The predicted octanol–water partition coefficient (Wildman–Crippen LogP) is 1.93. The standard InChI is InChI=1S/C11H10ClF3O4/c1-19-10(18)9(17)8(16)6-4-5(11(13,14)15)2-3-7(6)12/h2-4,8-9,16-17H,1H3. The average molecular weight is 299 g/mol. The van der Waals surface area contributed by atoms with E-state index in [0.717, 1.165) is 19.2 Å². The van der Waals surface area contributed by atoms with Crippen LogP contribution < -0.4 is 0 Å². The third kappa shape index (κ3) is 3.59. The third-order valence-corrected chi connectivity index (χ3v) is 2.73. The van der Waals surface area contributed by atoms with Crippen LogP contribution in [-0.2, 0) is 15.7 Å². The highest BCUT2D eigenvalue weighted by Crippen LogP contribution is 2.34. The van der Waals surface area contributed by atoms with Crippen molar-refractivity contribution >= 4 is 17.6 Å². The Morgan fingerprint density at radius 3 is 2.42 bits per heavy atom. The molecule has 0 saturated heterocycles. The van der Waals surface area contributed by atoms with E-state index in [1.807, 2.05) is 0 Å². The second-order valence-electron chi connectivity index (χ2n) is 3.65. The van der Waals surface area contributed by atoms with Crippen LogP contribution in [0, 0.1) is 0 Å². The molecule has 2 N–H and O–H groups in total. The maximum atomic E-state index is 12.5. The Hall–Kier alpha value is -1.31. The Balaban J connectivity index is 3.15. The fraction of sp³-hybridized carbons (Fsp3) is 0.364. The van der Waals surface area contributed by atoms with Crippen LogP contribution >= 0.6 is 11.6 Å². The summed E-state index contributed by atoms with van der Waals surface area (Å²) >= 11 is 5.64. The highest BCUT2D eigenvalue weighted by atomic mass is 35.5. The van der Waals surface area contributed by atoms with Gasteiger partial charge in [-0.2, -0.15) is 13.2 Å². The van der Waals surface area contributed by atoms with Crippen molar-refractivity contribution in [2.75, 3.05) is 7.11 Å². The predicted molar refractivity (Wildman–Crippen MR) is 59.4 cm³/mol. The first-order chi connectivity index (χ1) is 8.68. The number of carbonyl (C=O) groups is 1. The molecule has 0 heterocycles. The topological polar surface area (TPSA) is 66.8 Å². The van der Waals surface area contributed by atoms with E-state index in [9.17, 15) is 28.2 Å². The van der Waals surface area contributed by atoms with Gasteiger partial charge in [0.25, 0.3) is 0 Å². The van der Waals surface area contributed by atoms with E-state index in [0.29, 0.717) is 6.07 Å². The molecular weight excluding hydrogens is 289 g/mol. The van der Waals surface area contributed by atoms with Crippen molar-refractivity contribution in [3.05, 3.63) is 34.3 Å². The summed E-state index contributed by atoms with van der Waals surface area (Å²) in [7, 11) is 0.964. The summed E-state index contributed by atoms with van der Waals surface area (Å²) in [5, 5.41) is 18.8. The Morgan fingerprint density at radius 1 is 1.37 bits per heavy atom. The number of aliphatic hydroxyl groups excluding tert-OH is 2. The van der Waals surface area contributed by atoms with Gasteiger partial charge in [0.15, 0.2) is 6.10 Å². The third-order valence-electron chi connectivity index (χ3n) is 2.38. The van der Waals surface area contributed by atoms with Gasteiger partial charge in [0.1, 0.15) is 6.10 Å². The highest BCUT2D eigenvalue weighted by Gasteiger charge is 2.34. The molecule has 106 valence electrons. The number of esters is 1. The van der Waals surface area contributed by atoms with Gasteiger partial charge >= 0.3 is 12.1 Å². The molecule has 19 heavy (non-hydrogen) atoms. The number of halogens is 4. The van der Waals surface area contributed by atoms with E-state index in [-0.39, 0.29) is 5.02 Å². The van der Waals surface area contributed by atoms with E-state index in [1.54, 1.807) is 0 Å². The number of hydrogen-bond acceptors (Lipinski definition) is 4. The van der Waals surface area contributed by atoms with Crippen molar-refractivity contribution in [3.63, 3.8) is 0 Å². The molecule has 4 nitrogen and oxygen atoms in total. The second kappa shape index (κ2) is 5.77. The van der Waals surface area contributed by atoms with Crippen LogP contribution in [0.1, 0.15) is 17.2 Å². The number of aliphatic hydroxyl groups is 2. The van der Waals surface area contributed by atoms with Crippen molar-refractivity contribution in [2.24, 2.45) is 0 Å². The van der Waals surface area contributed by atoms with Crippen molar-refractivity contribution in [1.29, 1.82) is 0 Å².